The van der Waals surface area contributed by atoms with Gasteiger partial charge in [0.25, 0.3) is 0 Å². The number of amides is 1. The average molecular weight is 316 g/mol. The summed E-state index contributed by atoms with van der Waals surface area (Å²) in [6.45, 7) is 0. The van der Waals surface area contributed by atoms with Crippen LogP contribution in [0.3, 0.4) is 0 Å². The van der Waals surface area contributed by atoms with Gasteiger partial charge >= 0.3 is 0 Å². The van der Waals surface area contributed by atoms with E-state index in [0.717, 1.165) is 12.1 Å². The van der Waals surface area contributed by atoms with E-state index < -0.39 is 27.4 Å². The minimum Gasteiger partial charge on any atom is -0.273 e. The topological polar surface area (TPSA) is 75.6 Å². The molecule has 1 heterocycles. The molecule has 0 unspecified atom stereocenters. The SMILES string of the molecule is O=C(C[C@H]1CCS(=O)(=O)C1)N/N=C\c1ccc(F)c(F)c1. The van der Waals surface area contributed by atoms with E-state index in [1.807, 2.05) is 0 Å². The minimum absolute atomic E-state index is 0.0211. The summed E-state index contributed by atoms with van der Waals surface area (Å²) >= 11 is 0. The molecule has 1 atom stereocenters. The standard InChI is InChI=1S/C13H14F2N2O3S/c14-11-2-1-9(5-12(11)15)7-16-17-13(18)6-10-3-4-21(19,20)8-10/h1-2,5,7,10H,3-4,6,8H2,(H,17,18)/b16-7-/t10-/m1/s1. The van der Waals surface area contributed by atoms with Crippen LogP contribution in [0.15, 0.2) is 23.3 Å². The molecule has 0 spiro atoms. The number of nitrogens with zero attached hydrogens (tertiary/aromatic N) is 1. The molecule has 0 saturated carbocycles. The van der Waals surface area contributed by atoms with E-state index in [-0.39, 0.29) is 23.8 Å². The van der Waals surface area contributed by atoms with Gasteiger partial charge in [-0.25, -0.2) is 22.6 Å². The minimum atomic E-state index is -3.01. The lowest BCUT2D eigenvalue weighted by molar-refractivity contribution is -0.121. The Morgan fingerprint density at radius 2 is 2.14 bits per heavy atom. The van der Waals surface area contributed by atoms with Crippen molar-refractivity contribution in [3.8, 4) is 0 Å². The molecule has 1 N–H and O–H groups in total. The van der Waals surface area contributed by atoms with Crippen LogP contribution in [0.4, 0.5) is 8.78 Å². The monoisotopic (exact) mass is 316 g/mol. The number of carbonyl (C=O) groups is 1. The molecule has 8 heteroatoms. The Morgan fingerprint density at radius 1 is 1.38 bits per heavy atom. The van der Waals surface area contributed by atoms with Crippen molar-refractivity contribution in [2.75, 3.05) is 11.5 Å². The molecule has 0 aromatic heterocycles. The number of hydrazone groups is 1. The lowest BCUT2D eigenvalue weighted by Crippen LogP contribution is -2.21. The van der Waals surface area contributed by atoms with Crippen LogP contribution in [0.5, 0.6) is 0 Å². The summed E-state index contributed by atoms with van der Waals surface area (Å²) in [5.41, 5.74) is 2.54. The van der Waals surface area contributed by atoms with Crippen molar-refractivity contribution in [3.63, 3.8) is 0 Å². The van der Waals surface area contributed by atoms with Gasteiger partial charge in [0.15, 0.2) is 21.5 Å². The molecule has 1 aliphatic rings. The van der Waals surface area contributed by atoms with Crippen molar-refractivity contribution in [2.45, 2.75) is 12.8 Å². The third-order valence-corrected chi connectivity index (χ3v) is 4.98. The smallest absolute Gasteiger partial charge is 0.240 e. The maximum atomic E-state index is 12.9. The summed E-state index contributed by atoms with van der Waals surface area (Å²) in [4.78, 5) is 11.6. The first-order chi connectivity index (χ1) is 9.85. The first-order valence-corrected chi connectivity index (χ1v) is 8.15. The summed E-state index contributed by atoms with van der Waals surface area (Å²) in [5, 5.41) is 3.63. The number of hydrogen-bond donors (Lipinski definition) is 1. The highest BCUT2D eigenvalue weighted by atomic mass is 32.2. The first-order valence-electron chi connectivity index (χ1n) is 6.33. The lowest BCUT2D eigenvalue weighted by atomic mass is 10.1. The molecule has 5 nitrogen and oxygen atoms in total. The van der Waals surface area contributed by atoms with Crippen LogP contribution in [0, 0.1) is 17.6 Å². The Kier molecular flexibility index (Phi) is 4.66. The Hall–Kier alpha value is -1.83. The van der Waals surface area contributed by atoms with Gasteiger partial charge in [0, 0.05) is 6.42 Å². The molecule has 114 valence electrons. The van der Waals surface area contributed by atoms with E-state index in [1.165, 1.54) is 12.3 Å². The van der Waals surface area contributed by atoms with Crippen LogP contribution >= 0.6 is 0 Å². The van der Waals surface area contributed by atoms with Crippen LogP contribution in [-0.2, 0) is 14.6 Å². The molecular formula is C13H14F2N2O3S. The molecule has 1 amide bonds. The molecule has 1 aromatic carbocycles. The van der Waals surface area contributed by atoms with Crippen LogP contribution < -0.4 is 5.43 Å². The summed E-state index contributed by atoms with van der Waals surface area (Å²) in [6.07, 6.45) is 1.74. The van der Waals surface area contributed by atoms with Gasteiger partial charge < -0.3 is 0 Å². The Morgan fingerprint density at radius 3 is 2.76 bits per heavy atom. The van der Waals surface area contributed by atoms with Crippen molar-refractivity contribution in [2.24, 2.45) is 11.0 Å². The van der Waals surface area contributed by atoms with Crippen molar-refractivity contribution in [1.29, 1.82) is 0 Å². The lowest BCUT2D eigenvalue weighted by Gasteiger charge is -2.05. The largest absolute Gasteiger partial charge is 0.273 e. The Labute approximate surface area is 121 Å². The van der Waals surface area contributed by atoms with E-state index in [0.29, 0.717) is 12.0 Å². The van der Waals surface area contributed by atoms with Gasteiger partial charge in [-0.2, -0.15) is 5.10 Å². The summed E-state index contributed by atoms with van der Waals surface area (Å²) in [6, 6.07) is 3.23. The zero-order chi connectivity index (χ0) is 15.5. The Balaban J connectivity index is 1.83. The van der Waals surface area contributed by atoms with Crippen LogP contribution in [-0.4, -0.2) is 32.0 Å². The molecule has 0 bridgehead atoms. The number of carbonyl (C=O) groups excluding carboxylic acids is 1. The van der Waals surface area contributed by atoms with Gasteiger partial charge in [0.2, 0.25) is 5.91 Å². The van der Waals surface area contributed by atoms with Crippen molar-refractivity contribution < 1.29 is 22.0 Å². The van der Waals surface area contributed by atoms with Gasteiger partial charge in [0.1, 0.15) is 0 Å². The number of halogens is 2. The molecule has 0 aliphatic carbocycles. The van der Waals surface area contributed by atoms with Gasteiger partial charge in [-0.1, -0.05) is 6.07 Å². The fraction of sp³-hybridized carbons (Fsp3) is 0.385. The van der Waals surface area contributed by atoms with Crippen LogP contribution in [0.1, 0.15) is 18.4 Å². The van der Waals surface area contributed by atoms with Crippen molar-refractivity contribution in [3.05, 3.63) is 35.4 Å². The fourth-order valence-electron chi connectivity index (χ4n) is 2.11. The highest BCUT2D eigenvalue weighted by Gasteiger charge is 2.29. The molecule has 1 fully saturated rings. The molecule has 1 saturated heterocycles. The van der Waals surface area contributed by atoms with E-state index in [4.69, 9.17) is 0 Å². The van der Waals surface area contributed by atoms with E-state index in [1.54, 1.807) is 0 Å². The third-order valence-electron chi connectivity index (χ3n) is 3.15. The number of nitrogens with one attached hydrogen (secondary N) is 1. The second-order valence-electron chi connectivity index (χ2n) is 4.94. The zero-order valence-electron chi connectivity index (χ0n) is 11.1. The normalized spacial score (nSPS) is 20.8. The molecule has 2 rings (SSSR count). The zero-order valence-corrected chi connectivity index (χ0v) is 11.9. The number of sulfone groups is 1. The average Bonchev–Trinajstić information content (AvgIpc) is 2.73. The van der Waals surface area contributed by atoms with E-state index in [9.17, 15) is 22.0 Å². The predicted octanol–water partition coefficient (Wildman–Crippen LogP) is 1.24. The predicted molar refractivity (Wildman–Crippen MR) is 73.5 cm³/mol. The summed E-state index contributed by atoms with van der Waals surface area (Å²) in [7, 11) is -3.01. The van der Waals surface area contributed by atoms with Gasteiger partial charge in [-0.3, -0.25) is 4.79 Å². The molecular weight excluding hydrogens is 302 g/mol. The maximum absolute atomic E-state index is 12.9. The first kappa shape index (κ1) is 15.6. The van der Waals surface area contributed by atoms with Gasteiger partial charge in [-0.05, 0) is 30.0 Å². The summed E-state index contributed by atoms with van der Waals surface area (Å²) < 4.78 is 48.1. The van der Waals surface area contributed by atoms with Gasteiger partial charge in [0.05, 0.1) is 17.7 Å². The number of rotatable bonds is 4. The van der Waals surface area contributed by atoms with E-state index >= 15 is 0 Å². The van der Waals surface area contributed by atoms with Crippen molar-refractivity contribution >= 4 is 22.0 Å². The highest BCUT2D eigenvalue weighted by Crippen LogP contribution is 2.21. The van der Waals surface area contributed by atoms with Crippen LogP contribution in [0.25, 0.3) is 0 Å². The highest BCUT2D eigenvalue weighted by molar-refractivity contribution is 7.91. The Bertz CT molecular complexity index is 674. The molecule has 0 radical (unpaired) electrons. The van der Waals surface area contributed by atoms with E-state index in [2.05, 4.69) is 10.5 Å². The second kappa shape index (κ2) is 6.30. The maximum Gasteiger partial charge on any atom is 0.240 e. The third kappa shape index (κ3) is 4.59. The number of benzene rings is 1. The quantitative estimate of drug-likeness (QED) is 0.671. The van der Waals surface area contributed by atoms with Crippen molar-refractivity contribution in [1.82, 2.24) is 5.43 Å². The molecule has 21 heavy (non-hydrogen) atoms. The number of hydrogen-bond acceptors (Lipinski definition) is 4. The van der Waals surface area contributed by atoms with Crippen LogP contribution in [0.2, 0.25) is 0 Å². The van der Waals surface area contributed by atoms with Gasteiger partial charge in [-0.15, -0.1) is 0 Å². The second-order valence-corrected chi connectivity index (χ2v) is 7.17. The molecule has 1 aromatic rings. The summed E-state index contributed by atoms with van der Waals surface area (Å²) in [5.74, 6) is -2.42. The fourth-order valence-corrected chi connectivity index (χ4v) is 3.97. The molecule has 1 aliphatic heterocycles.